The van der Waals surface area contributed by atoms with E-state index in [0.29, 0.717) is 33.6 Å². The van der Waals surface area contributed by atoms with Gasteiger partial charge in [-0.15, -0.1) is 0 Å². The molecule has 0 atom stereocenters. The third kappa shape index (κ3) is 15.2. The maximum atomic E-state index is 13.0. The van der Waals surface area contributed by atoms with Crippen LogP contribution < -0.4 is 10.6 Å². The lowest BCUT2D eigenvalue weighted by Gasteiger charge is -2.28. The number of aliphatic hydroxyl groups excluding tert-OH is 4. The second-order valence-corrected chi connectivity index (χ2v) is 15.7. The number of rotatable bonds is 26. The Morgan fingerprint density at radius 3 is 1.12 bits per heavy atom. The molecular weight excluding hydrogens is 737 g/mol. The molecule has 6 N–H and O–H groups in total. The van der Waals surface area contributed by atoms with Crippen LogP contribution in [-0.4, -0.2) is 45.5 Å². The molecule has 2 amide bonds. The first-order chi connectivity index (χ1) is 28.7. The highest BCUT2D eigenvalue weighted by Crippen LogP contribution is 2.35. The molecule has 0 aliphatic carbocycles. The van der Waals surface area contributed by atoms with Gasteiger partial charge < -0.3 is 31.1 Å². The fraction of sp³-hybridized carbons (Fsp3) is 0.412. The summed E-state index contributed by atoms with van der Waals surface area (Å²) in [6.07, 6.45) is 22.5. The Morgan fingerprint density at radius 1 is 0.475 bits per heavy atom. The number of benzene rings is 4. The number of hydrogen-bond acceptors (Lipinski definition) is 6. The topological polar surface area (TPSA) is 139 Å². The van der Waals surface area contributed by atoms with Gasteiger partial charge >= 0.3 is 0 Å². The molecule has 0 spiro atoms. The summed E-state index contributed by atoms with van der Waals surface area (Å²) in [5.41, 5.74) is 3.81. The summed E-state index contributed by atoms with van der Waals surface area (Å²) in [7, 11) is 0. The minimum Gasteiger partial charge on any atom is -0.511 e. The van der Waals surface area contributed by atoms with Crippen molar-refractivity contribution in [3.63, 3.8) is 0 Å². The number of hydrogen-bond donors (Lipinski definition) is 6. The van der Waals surface area contributed by atoms with Crippen molar-refractivity contribution in [3.05, 3.63) is 142 Å². The van der Waals surface area contributed by atoms with E-state index in [2.05, 4.69) is 24.5 Å². The average Bonchev–Trinajstić information content (AvgIpc) is 3.25. The van der Waals surface area contributed by atoms with Crippen LogP contribution in [0.1, 0.15) is 147 Å². The van der Waals surface area contributed by atoms with Gasteiger partial charge in [0.25, 0.3) is 11.8 Å². The molecule has 4 aromatic rings. The van der Waals surface area contributed by atoms with Gasteiger partial charge in [0.05, 0.1) is 13.2 Å². The van der Waals surface area contributed by atoms with Crippen molar-refractivity contribution >= 4 is 35.3 Å². The highest BCUT2D eigenvalue weighted by atomic mass is 16.3. The molecule has 4 aromatic carbocycles. The Bertz CT molecular complexity index is 1760. The maximum absolute atomic E-state index is 13.0. The predicted molar refractivity (Wildman–Crippen MR) is 243 cm³/mol. The number of amides is 2. The second-order valence-electron chi connectivity index (χ2n) is 15.7. The van der Waals surface area contributed by atoms with Crippen molar-refractivity contribution < 1.29 is 30.0 Å². The van der Waals surface area contributed by atoms with Gasteiger partial charge in [-0.3, -0.25) is 9.59 Å². The van der Waals surface area contributed by atoms with Crippen LogP contribution in [0.3, 0.4) is 0 Å². The van der Waals surface area contributed by atoms with Gasteiger partial charge in [-0.1, -0.05) is 139 Å². The molecule has 0 unspecified atom stereocenters. The van der Waals surface area contributed by atoms with E-state index < -0.39 is 30.1 Å². The van der Waals surface area contributed by atoms with Crippen molar-refractivity contribution in [1.29, 1.82) is 0 Å². The molecule has 0 bridgehead atoms. The van der Waals surface area contributed by atoms with E-state index in [9.17, 15) is 30.0 Å². The molecule has 8 nitrogen and oxygen atoms in total. The Hall–Kier alpha value is -5.18. The van der Waals surface area contributed by atoms with E-state index in [0.717, 1.165) is 25.7 Å². The number of carbonyl (C=O) groups excluding carboxylic acids is 2. The van der Waals surface area contributed by atoms with Crippen molar-refractivity contribution in [2.75, 3.05) is 23.8 Å². The van der Waals surface area contributed by atoms with Crippen LogP contribution in [0.4, 0.5) is 11.4 Å². The van der Waals surface area contributed by atoms with Crippen molar-refractivity contribution in [2.24, 2.45) is 5.41 Å². The molecule has 4 rings (SSSR count). The number of nitrogens with one attached hydrogen (secondary N) is 2. The summed E-state index contributed by atoms with van der Waals surface area (Å²) >= 11 is 0. The van der Waals surface area contributed by atoms with Crippen LogP contribution in [0.2, 0.25) is 0 Å². The van der Waals surface area contributed by atoms with E-state index in [1.165, 1.54) is 100 Å². The van der Waals surface area contributed by atoms with Crippen LogP contribution in [0.5, 0.6) is 0 Å². The fourth-order valence-corrected chi connectivity index (χ4v) is 7.05. The monoisotopic (exact) mass is 802 g/mol. The standard InChI is InChI=1S/C51H66N2O6/c1-3-5-7-9-11-13-15-17-39-23-31-45(32-24-39)52-49(58)43-27-19-41(20-28-43)35-47(56)51(37-54,38-55)48(57)36-42-21-29-44(30-22-42)50(59)53-46-33-25-40(26-34-46)18-16-14-12-10-8-6-4-2/h19-36,54-57H,3-18,37-38H2,1-2H3,(H,52,58)(H,53,59). The lowest BCUT2D eigenvalue weighted by Crippen LogP contribution is -2.34. The SMILES string of the molecule is CCCCCCCCCc1ccc(NC(=O)c2ccc(C=C(O)C(CO)(CO)C(O)=Cc3ccc(C(=O)Nc4ccc(CCCCCCCCC)cc4)cc3)cc2)cc1. The lowest BCUT2D eigenvalue weighted by molar-refractivity contribution is 0.0487. The van der Waals surface area contributed by atoms with Gasteiger partial charge in [-0.25, -0.2) is 0 Å². The number of aryl methyl sites for hydroxylation is 2. The molecule has 0 heterocycles. The third-order valence-electron chi connectivity index (χ3n) is 11.0. The number of anilines is 2. The van der Waals surface area contributed by atoms with E-state index in [-0.39, 0.29) is 11.8 Å². The first-order valence-corrected chi connectivity index (χ1v) is 21.8. The number of carbonyl (C=O) groups is 2. The molecule has 0 saturated carbocycles. The van der Waals surface area contributed by atoms with E-state index in [1.807, 2.05) is 48.5 Å². The zero-order valence-corrected chi connectivity index (χ0v) is 35.2. The van der Waals surface area contributed by atoms with E-state index in [1.54, 1.807) is 48.5 Å². The first-order valence-electron chi connectivity index (χ1n) is 21.8. The molecular formula is C51H66N2O6. The molecule has 316 valence electrons. The highest BCUT2D eigenvalue weighted by molar-refractivity contribution is 6.05. The Morgan fingerprint density at radius 2 is 0.797 bits per heavy atom. The molecule has 0 aliphatic heterocycles. The molecule has 0 radical (unpaired) electrons. The van der Waals surface area contributed by atoms with Crippen molar-refractivity contribution in [3.8, 4) is 0 Å². The molecule has 0 saturated heterocycles. The Kier molecular flexibility index (Phi) is 20.0. The minimum absolute atomic E-state index is 0.281. The predicted octanol–water partition coefficient (Wildman–Crippen LogP) is 12.2. The summed E-state index contributed by atoms with van der Waals surface area (Å²) in [6.45, 7) is 2.89. The Balaban J connectivity index is 1.29. The minimum atomic E-state index is -1.90. The van der Waals surface area contributed by atoms with E-state index in [4.69, 9.17) is 0 Å². The highest BCUT2D eigenvalue weighted by Gasteiger charge is 2.38. The average molecular weight is 803 g/mol. The summed E-state index contributed by atoms with van der Waals surface area (Å²) in [6, 6.07) is 28.8. The van der Waals surface area contributed by atoms with Gasteiger partial charge in [0, 0.05) is 22.5 Å². The van der Waals surface area contributed by atoms with Gasteiger partial charge in [-0.2, -0.15) is 0 Å². The zero-order valence-electron chi connectivity index (χ0n) is 35.2. The normalized spacial score (nSPS) is 12.1. The molecule has 0 fully saturated rings. The summed E-state index contributed by atoms with van der Waals surface area (Å²) in [4.78, 5) is 26.0. The molecule has 0 aliphatic rings. The van der Waals surface area contributed by atoms with Crippen LogP contribution in [0.25, 0.3) is 12.2 Å². The smallest absolute Gasteiger partial charge is 0.255 e. The van der Waals surface area contributed by atoms with Gasteiger partial charge in [0.15, 0.2) is 0 Å². The second kappa shape index (κ2) is 25.3. The summed E-state index contributed by atoms with van der Waals surface area (Å²) in [5.74, 6) is -1.49. The van der Waals surface area contributed by atoms with Crippen LogP contribution in [0.15, 0.2) is 109 Å². The Labute approximate surface area is 352 Å². The lowest BCUT2D eigenvalue weighted by atomic mass is 9.83. The van der Waals surface area contributed by atoms with Crippen molar-refractivity contribution in [1.82, 2.24) is 0 Å². The first kappa shape index (κ1) is 46.5. The van der Waals surface area contributed by atoms with E-state index >= 15 is 0 Å². The maximum Gasteiger partial charge on any atom is 0.255 e. The third-order valence-corrected chi connectivity index (χ3v) is 11.0. The molecule has 0 aromatic heterocycles. The molecule has 59 heavy (non-hydrogen) atoms. The fourth-order valence-electron chi connectivity index (χ4n) is 7.05. The van der Waals surface area contributed by atoms with Crippen LogP contribution in [-0.2, 0) is 12.8 Å². The number of unbranched alkanes of at least 4 members (excludes halogenated alkanes) is 12. The molecule has 8 heteroatoms. The van der Waals surface area contributed by atoms with Gasteiger partial charge in [0.2, 0.25) is 0 Å². The summed E-state index contributed by atoms with van der Waals surface area (Å²) < 4.78 is 0. The quantitative estimate of drug-likeness (QED) is 0.0276. The van der Waals surface area contributed by atoms with Crippen molar-refractivity contribution in [2.45, 2.75) is 117 Å². The summed E-state index contributed by atoms with van der Waals surface area (Å²) in [5, 5.41) is 48.8. The van der Waals surface area contributed by atoms with Gasteiger partial charge in [-0.05, 0) is 109 Å². The number of aliphatic hydroxyl groups is 4. The largest absolute Gasteiger partial charge is 0.511 e. The van der Waals surface area contributed by atoms with Gasteiger partial charge in [0.1, 0.15) is 16.9 Å². The zero-order chi connectivity index (χ0) is 42.3. The van der Waals surface area contributed by atoms with Crippen LogP contribution in [0, 0.1) is 5.41 Å². The van der Waals surface area contributed by atoms with Crippen LogP contribution >= 0.6 is 0 Å².